The fourth-order valence-electron chi connectivity index (χ4n) is 1.93. The Balaban J connectivity index is 2.41. The summed E-state index contributed by atoms with van der Waals surface area (Å²) < 4.78 is 64.9. The molecule has 1 unspecified atom stereocenters. The molecule has 0 fully saturated rings. The number of anilines is 1. The molecule has 2 rings (SSSR count). The smallest absolute Gasteiger partial charge is 0.323 e. The van der Waals surface area contributed by atoms with Crippen LogP contribution in [0.4, 0.5) is 27.6 Å². The summed E-state index contributed by atoms with van der Waals surface area (Å²) in [6, 6.07) is 1.96. The van der Waals surface area contributed by atoms with Crippen LogP contribution in [0.15, 0.2) is 12.1 Å². The van der Waals surface area contributed by atoms with Gasteiger partial charge in [0.1, 0.15) is 10.6 Å². The van der Waals surface area contributed by atoms with Crippen molar-refractivity contribution in [2.45, 2.75) is 30.0 Å². The molecule has 0 aromatic heterocycles. The van der Waals surface area contributed by atoms with Crippen LogP contribution in [-0.4, -0.2) is 18.3 Å². The van der Waals surface area contributed by atoms with Crippen LogP contribution in [0.1, 0.15) is 22.4 Å². The van der Waals surface area contributed by atoms with Gasteiger partial charge in [-0.3, -0.25) is 4.79 Å². The van der Waals surface area contributed by atoms with Crippen molar-refractivity contribution in [1.29, 1.82) is 0 Å². The zero-order valence-corrected chi connectivity index (χ0v) is 11.5. The summed E-state index contributed by atoms with van der Waals surface area (Å²) in [6.07, 6.45) is -3.54. The first-order chi connectivity index (χ1) is 9.23. The Bertz CT molecular complexity index is 549. The van der Waals surface area contributed by atoms with Crippen LogP contribution >= 0.6 is 15.9 Å². The van der Waals surface area contributed by atoms with Crippen LogP contribution in [-0.2, 0) is 11.2 Å². The third-order valence-corrected chi connectivity index (χ3v) is 4.12. The second kappa shape index (κ2) is 5.31. The number of amides is 1. The van der Waals surface area contributed by atoms with E-state index in [2.05, 4.69) is 21.2 Å². The quantitative estimate of drug-likeness (QED) is 0.641. The van der Waals surface area contributed by atoms with Gasteiger partial charge >= 0.3 is 12.3 Å². The number of hydrogen-bond acceptors (Lipinski definition) is 1. The highest BCUT2D eigenvalue weighted by Gasteiger charge is 2.49. The molecule has 1 aromatic carbocycles. The van der Waals surface area contributed by atoms with E-state index in [1.165, 1.54) is 0 Å². The minimum atomic E-state index is -4.40. The molecule has 0 bridgehead atoms. The zero-order chi connectivity index (χ0) is 15.1. The van der Waals surface area contributed by atoms with E-state index < -0.39 is 28.6 Å². The fourth-order valence-corrected chi connectivity index (χ4v) is 2.48. The first-order valence-electron chi connectivity index (χ1n) is 5.65. The molecule has 1 aromatic rings. The molecule has 110 valence electrons. The maximum Gasteiger partial charge on any atom is 0.323 e. The van der Waals surface area contributed by atoms with Crippen molar-refractivity contribution in [1.82, 2.24) is 0 Å². The average Bonchev–Trinajstić information content (AvgIpc) is 2.36. The Morgan fingerprint density at radius 3 is 2.50 bits per heavy atom. The highest BCUT2D eigenvalue weighted by atomic mass is 79.9. The third-order valence-electron chi connectivity index (χ3n) is 3.02. The summed E-state index contributed by atoms with van der Waals surface area (Å²) in [6.45, 7) is 0. The van der Waals surface area contributed by atoms with E-state index >= 15 is 0 Å². The predicted molar refractivity (Wildman–Crippen MR) is 66.0 cm³/mol. The molecular weight excluding hydrogens is 349 g/mol. The molecule has 0 saturated heterocycles. The van der Waals surface area contributed by atoms with Gasteiger partial charge in [-0.05, 0) is 24.1 Å². The molecule has 2 nitrogen and oxygen atoms in total. The Hall–Kier alpha value is -1.18. The van der Waals surface area contributed by atoms with E-state index in [1.54, 1.807) is 0 Å². The summed E-state index contributed by atoms with van der Waals surface area (Å²) in [5.41, 5.74) is 0.0725. The van der Waals surface area contributed by atoms with Crippen molar-refractivity contribution >= 4 is 27.5 Å². The lowest BCUT2D eigenvalue weighted by Gasteiger charge is -2.24. The Labute approximate surface area is 119 Å². The van der Waals surface area contributed by atoms with Gasteiger partial charge in [0.2, 0.25) is 5.91 Å². The Morgan fingerprint density at radius 2 is 1.90 bits per heavy atom. The number of hydrogen-bond donors (Lipinski definition) is 1. The van der Waals surface area contributed by atoms with Crippen molar-refractivity contribution in [2.75, 3.05) is 5.32 Å². The maximum atomic E-state index is 13.8. The van der Waals surface area contributed by atoms with Gasteiger partial charge in [0, 0.05) is 17.7 Å². The van der Waals surface area contributed by atoms with E-state index in [4.69, 9.17) is 0 Å². The average molecular weight is 358 g/mol. The minimum absolute atomic E-state index is 0.135. The summed E-state index contributed by atoms with van der Waals surface area (Å²) in [5.74, 6) is -5.78. The van der Waals surface area contributed by atoms with Gasteiger partial charge in [0.05, 0.1) is 0 Å². The molecule has 0 aliphatic carbocycles. The third kappa shape index (κ3) is 2.65. The number of halogens is 6. The number of fused-ring (bicyclic) bond motifs is 1. The van der Waals surface area contributed by atoms with E-state index in [1.807, 2.05) is 0 Å². The second-order valence-corrected chi connectivity index (χ2v) is 5.33. The Morgan fingerprint density at radius 1 is 1.25 bits per heavy atom. The molecule has 1 aliphatic heterocycles. The standard InChI is InChI=1S/C12H9BrF5NO/c13-10(12(17,18)11(15)16)6-3-5-1-2-9(20)19-8(5)4-7(6)14/h3-4,10-11H,1-2H2,(H,19,20). The van der Waals surface area contributed by atoms with Gasteiger partial charge in [-0.25, -0.2) is 13.2 Å². The van der Waals surface area contributed by atoms with Crippen LogP contribution in [0.5, 0.6) is 0 Å². The summed E-state index contributed by atoms with van der Waals surface area (Å²) in [4.78, 5) is 9.00. The van der Waals surface area contributed by atoms with Crippen LogP contribution in [0.25, 0.3) is 0 Å². The highest BCUT2D eigenvalue weighted by molar-refractivity contribution is 9.09. The molecular formula is C12H9BrF5NO. The van der Waals surface area contributed by atoms with Crippen LogP contribution < -0.4 is 5.32 Å². The van der Waals surface area contributed by atoms with Gasteiger partial charge in [0.25, 0.3) is 0 Å². The molecule has 0 radical (unpaired) electrons. The van der Waals surface area contributed by atoms with E-state index in [0.29, 0.717) is 5.56 Å². The van der Waals surface area contributed by atoms with Crippen LogP contribution in [0.3, 0.4) is 0 Å². The molecule has 8 heteroatoms. The number of benzene rings is 1. The normalized spacial score (nSPS) is 16.9. The molecule has 0 spiro atoms. The largest absolute Gasteiger partial charge is 0.326 e. The molecule has 1 amide bonds. The van der Waals surface area contributed by atoms with Gasteiger partial charge in [-0.15, -0.1) is 0 Å². The Kier molecular flexibility index (Phi) is 4.04. The minimum Gasteiger partial charge on any atom is -0.326 e. The zero-order valence-electron chi connectivity index (χ0n) is 9.90. The number of nitrogens with one attached hydrogen (secondary N) is 1. The predicted octanol–water partition coefficient (Wildman–Crippen LogP) is 4.05. The van der Waals surface area contributed by atoms with Crippen molar-refractivity contribution in [3.8, 4) is 0 Å². The lowest BCUT2D eigenvalue weighted by atomic mass is 9.97. The fraction of sp³-hybridized carbons (Fsp3) is 0.417. The van der Waals surface area contributed by atoms with Crippen LogP contribution in [0, 0.1) is 5.82 Å². The number of alkyl halides is 5. The monoisotopic (exact) mass is 357 g/mol. The topological polar surface area (TPSA) is 29.1 Å². The lowest BCUT2D eigenvalue weighted by Crippen LogP contribution is -2.32. The van der Waals surface area contributed by atoms with E-state index in [0.717, 1.165) is 12.1 Å². The van der Waals surface area contributed by atoms with Crippen molar-refractivity contribution in [3.63, 3.8) is 0 Å². The van der Waals surface area contributed by atoms with Crippen molar-refractivity contribution in [2.24, 2.45) is 0 Å². The van der Waals surface area contributed by atoms with Gasteiger partial charge in [-0.2, -0.15) is 8.78 Å². The molecule has 20 heavy (non-hydrogen) atoms. The number of aryl methyl sites for hydroxylation is 1. The summed E-state index contributed by atoms with van der Waals surface area (Å²) >= 11 is 2.44. The first kappa shape index (κ1) is 15.2. The highest BCUT2D eigenvalue weighted by Crippen LogP contribution is 2.44. The second-order valence-electron chi connectivity index (χ2n) is 4.42. The number of carbonyl (C=O) groups is 1. The van der Waals surface area contributed by atoms with Crippen molar-refractivity contribution < 1.29 is 26.7 Å². The number of rotatable bonds is 3. The van der Waals surface area contributed by atoms with Crippen molar-refractivity contribution in [3.05, 3.63) is 29.1 Å². The first-order valence-corrected chi connectivity index (χ1v) is 6.57. The van der Waals surface area contributed by atoms with Crippen LogP contribution in [0.2, 0.25) is 0 Å². The maximum absolute atomic E-state index is 13.8. The molecule has 1 aliphatic rings. The molecule has 1 heterocycles. The lowest BCUT2D eigenvalue weighted by molar-refractivity contribution is -0.128. The summed E-state index contributed by atoms with van der Waals surface area (Å²) in [7, 11) is 0. The molecule has 1 N–H and O–H groups in total. The van der Waals surface area contributed by atoms with Gasteiger partial charge < -0.3 is 5.32 Å². The van der Waals surface area contributed by atoms with Gasteiger partial charge in [0.15, 0.2) is 0 Å². The molecule has 0 saturated carbocycles. The summed E-state index contributed by atoms with van der Waals surface area (Å²) in [5, 5.41) is 2.40. The van der Waals surface area contributed by atoms with Gasteiger partial charge in [-0.1, -0.05) is 15.9 Å². The number of carbonyl (C=O) groups excluding carboxylic acids is 1. The SMILES string of the molecule is O=C1CCc2cc(C(Br)C(F)(F)C(F)F)c(F)cc2N1. The van der Waals surface area contributed by atoms with E-state index in [-0.39, 0.29) is 24.4 Å². The molecule has 1 atom stereocenters. The van der Waals surface area contributed by atoms with E-state index in [9.17, 15) is 26.7 Å².